The van der Waals surface area contributed by atoms with Gasteiger partial charge in [0.2, 0.25) is 0 Å². The van der Waals surface area contributed by atoms with E-state index in [1.807, 2.05) is 36.6 Å². The number of pyridine rings is 1. The molecule has 0 N–H and O–H groups in total. The van der Waals surface area contributed by atoms with E-state index in [-0.39, 0.29) is 11.7 Å². The van der Waals surface area contributed by atoms with E-state index in [0.717, 1.165) is 29.8 Å². The molecule has 0 spiro atoms. The summed E-state index contributed by atoms with van der Waals surface area (Å²) in [5.41, 5.74) is 2.94. The van der Waals surface area contributed by atoms with Crippen LogP contribution in [0, 0.1) is 5.92 Å². The summed E-state index contributed by atoms with van der Waals surface area (Å²) in [5, 5.41) is 0. The van der Waals surface area contributed by atoms with Crippen LogP contribution in [-0.2, 0) is 6.42 Å². The second kappa shape index (κ2) is 5.47. The van der Waals surface area contributed by atoms with Crippen molar-refractivity contribution in [3.05, 3.63) is 35.5 Å². The van der Waals surface area contributed by atoms with Gasteiger partial charge in [-0.15, -0.1) is 0 Å². The van der Waals surface area contributed by atoms with E-state index in [4.69, 9.17) is 4.74 Å². The molecule has 3 nitrogen and oxygen atoms in total. The molecule has 0 aromatic carbocycles. The number of methoxy groups -OCH3 is 1. The number of aromatic nitrogens is 1. The molecule has 2 aromatic heterocycles. The van der Waals surface area contributed by atoms with Gasteiger partial charge in [-0.05, 0) is 36.6 Å². The number of hydrogen-bond donors (Lipinski definition) is 0. The molecule has 0 saturated carbocycles. The van der Waals surface area contributed by atoms with Crippen LogP contribution in [0.3, 0.4) is 0 Å². The second-order valence-electron chi connectivity index (χ2n) is 4.92. The maximum Gasteiger partial charge on any atom is 0.197 e. The van der Waals surface area contributed by atoms with Crippen LogP contribution in [0.2, 0.25) is 0 Å². The highest BCUT2D eigenvalue weighted by molar-refractivity contribution is 6.03. The predicted octanol–water partition coefficient (Wildman–Crippen LogP) is 3.74. The van der Waals surface area contributed by atoms with E-state index >= 15 is 0 Å². The molecule has 3 heteroatoms. The van der Waals surface area contributed by atoms with Gasteiger partial charge < -0.3 is 4.74 Å². The highest BCUT2D eigenvalue weighted by atomic mass is 16.5. The lowest BCUT2D eigenvalue weighted by Gasteiger charge is -2.11. The Morgan fingerprint density at radius 3 is 2.68 bits per heavy atom. The summed E-state index contributed by atoms with van der Waals surface area (Å²) in [6.07, 6.45) is 3.85. The zero-order valence-corrected chi connectivity index (χ0v) is 12.1. The molecule has 102 valence electrons. The molecule has 0 aliphatic heterocycles. The van der Waals surface area contributed by atoms with Crippen LogP contribution in [0.4, 0.5) is 0 Å². The molecule has 0 amide bonds. The van der Waals surface area contributed by atoms with Gasteiger partial charge in [-0.1, -0.05) is 20.8 Å². The molecule has 0 aliphatic carbocycles. The number of aryl methyl sites for hydroxylation is 1. The number of ketones is 1. The lowest BCUT2D eigenvalue weighted by Crippen LogP contribution is -2.11. The number of nitrogens with zero attached hydrogens (tertiary/aromatic N) is 1. The standard InChI is InChI=1S/C16H21NO2/c1-5-11(3)16(18)13-7-8-15(19-4)17-10-12(6-2)9-14(13)17/h7-11H,5-6H2,1-4H3. The van der Waals surface area contributed by atoms with E-state index in [1.54, 1.807) is 7.11 Å². The fourth-order valence-corrected chi connectivity index (χ4v) is 2.25. The molecule has 0 saturated heterocycles. The number of carbonyl (C=O) groups excluding carboxylic acids is 1. The molecule has 2 rings (SSSR count). The number of fused-ring (bicyclic) bond motifs is 1. The van der Waals surface area contributed by atoms with Crippen molar-refractivity contribution in [2.45, 2.75) is 33.6 Å². The Morgan fingerprint density at radius 2 is 2.11 bits per heavy atom. The minimum atomic E-state index is 0.0529. The lowest BCUT2D eigenvalue weighted by atomic mass is 9.97. The van der Waals surface area contributed by atoms with Crippen molar-refractivity contribution in [3.63, 3.8) is 0 Å². The molecule has 2 heterocycles. The fourth-order valence-electron chi connectivity index (χ4n) is 2.25. The Bertz CT molecular complexity index is 598. The topological polar surface area (TPSA) is 30.7 Å². The summed E-state index contributed by atoms with van der Waals surface area (Å²) in [6.45, 7) is 6.13. The smallest absolute Gasteiger partial charge is 0.197 e. The molecule has 1 unspecified atom stereocenters. The third kappa shape index (κ3) is 2.37. The normalized spacial score (nSPS) is 12.6. The first-order valence-corrected chi connectivity index (χ1v) is 6.84. The zero-order chi connectivity index (χ0) is 14.0. The molecule has 0 radical (unpaired) electrons. The second-order valence-corrected chi connectivity index (χ2v) is 4.92. The first-order valence-electron chi connectivity index (χ1n) is 6.84. The summed E-state index contributed by atoms with van der Waals surface area (Å²) in [5.74, 6) is 1.02. The fraction of sp³-hybridized carbons (Fsp3) is 0.438. The van der Waals surface area contributed by atoms with Crippen LogP contribution in [0.25, 0.3) is 5.52 Å². The molecule has 19 heavy (non-hydrogen) atoms. The molecular formula is C16H21NO2. The van der Waals surface area contributed by atoms with Gasteiger partial charge in [0.1, 0.15) is 0 Å². The quantitative estimate of drug-likeness (QED) is 0.766. The van der Waals surface area contributed by atoms with E-state index < -0.39 is 0 Å². The maximum absolute atomic E-state index is 12.4. The summed E-state index contributed by atoms with van der Waals surface area (Å²) in [7, 11) is 1.65. The number of ether oxygens (including phenoxy) is 1. The van der Waals surface area contributed by atoms with Gasteiger partial charge in [0, 0.05) is 17.7 Å². The van der Waals surface area contributed by atoms with Crippen LogP contribution in [0.15, 0.2) is 24.4 Å². The molecular weight excluding hydrogens is 238 g/mol. The van der Waals surface area contributed by atoms with E-state index in [9.17, 15) is 4.79 Å². The van der Waals surface area contributed by atoms with Crippen LogP contribution in [0.5, 0.6) is 5.88 Å². The van der Waals surface area contributed by atoms with Gasteiger partial charge in [0.15, 0.2) is 11.7 Å². The molecule has 1 atom stereocenters. The van der Waals surface area contributed by atoms with Gasteiger partial charge in [0.25, 0.3) is 0 Å². The lowest BCUT2D eigenvalue weighted by molar-refractivity contribution is 0.0928. The minimum absolute atomic E-state index is 0.0529. The average molecular weight is 259 g/mol. The van der Waals surface area contributed by atoms with Crippen molar-refractivity contribution in [2.24, 2.45) is 5.92 Å². The van der Waals surface area contributed by atoms with Gasteiger partial charge in [-0.25, -0.2) is 0 Å². The van der Waals surface area contributed by atoms with Gasteiger partial charge >= 0.3 is 0 Å². The van der Waals surface area contributed by atoms with E-state index in [1.165, 1.54) is 5.56 Å². The highest BCUT2D eigenvalue weighted by Crippen LogP contribution is 2.25. The number of hydrogen-bond acceptors (Lipinski definition) is 2. The number of carbonyl (C=O) groups is 1. The molecule has 0 fully saturated rings. The van der Waals surface area contributed by atoms with Gasteiger partial charge in [-0.2, -0.15) is 0 Å². The third-order valence-corrected chi connectivity index (χ3v) is 3.73. The first-order chi connectivity index (χ1) is 9.12. The highest BCUT2D eigenvalue weighted by Gasteiger charge is 2.18. The minimum Gasteiger partial charge on any atom is -0.482 e. The summed E-state index contributed by atoms with van der Waals surface area (Å²) in [4.78, 5) is 12.4. The van der Waals surface area contributed by atoms with E-state index in [0.29, 0.717) is 0 Å². The Hall–Kier alpha value is -1.77. The number of rotatable bonds is 5. The SMILES string of the molecule is CCc1cc2c(C(=O)C(C)CC)ccc(OC)n2c1. The van der Waals surface area contributed by atoms with Crippen molar-refractivity contribution >= 4 is 11.3 Å². The third-order valence-electron chi connectivity index (χ3n) is 3.73. The molecule has 0 aliphatic rings. The van der Waals surface area contributed by atoms with Gasteiger partial charge in [0.05, 0.1) is 12.6 Å². The molecule has 2 aromatic rings. The van der Waals surface area contributed by atoms with Crippen molar-refractivity contribution in [2.75, 3.05) is 7.11 Å². The Balaban J connectivity index is 2.62. The Kier molecular flexibility index (Phi) is 3.93. The van der Waals surface area contributed by atoms with Crippen LogP contribution >= 0.6 is 0 Å². The van der Waals surface area contributed by atoms with Gasteiger partial charge in [-0.3, -0.25) is 9.20 Å². The average Bonchev–Trinajstić information content (AvgIpc) is 2.88. The monoisotopic (exact) mass is 259 g/mol. The van der Waals surface area contributed by atoms with Crippen LogP contribution < -0.4 is 4.74 Å². The largest absolute Gasteiger partial charge is 0.482 e. The number of Topliss-reactive ketones (excluding diaryl/α,β-unsaturated/α-hetero) is 1. The van der Waals surface area contributed by atoms with Crippen molar-refractivity contribution in [1.82, 2.24) is 4.40 Å². The summed E-state index contributed by atoms with van der Waals surface area (Å²) >= 11 is 0. The summed E-state index contributed by atoms with van der Waals surface area (Å²) in [6, 6.07) is 5.82. The Morgan fingerprint density at radius 1 is 1.37 bits per heavy atom. The maximum atomic E-state index is 12.4. The van der Waals surface area contributed by atoms with Crippen LogP contribution in [-0.4, -0.2) is 17.3 Å². The Labute approximate surface area is 114 Å². The zero-order valence-electron chi connectivity index (χ0n) is 12.1. The van der Waals surface area contributed by atoms with E-state index in [2.05, 4.69) is 13.0 Å². The van der Waals surface area contributed by atoms with Crippen molar-refractivity contribution < 1.29 is 9.53 Å². The van der Waals surface area contributed by atoms with Crippen molar-refractivity contribution in [3.8, 4) is 5.88 Å². The van der Waals surface area contributed by atoms with Crippen LogP contribution in [0.1, 0.15) is 43.1 Å². The summed E-state index contributed by atoms with van der Waals surface area (Å²) < 4.78 is 7.33. The predicted molar refractivity (Wildman–Crippen MR) is 77.1 cm³/mol. The molecule has 0 bridgehead atoms. The van der Waals surface area contributed by atoms with Crippen molar-refractivity contribution in [1.29, 1.82) is 0 Å². The first kappa shape index (κ1) is 13.7.